The van der Waals surface area contributed by atoms with Gasteiger partial charge in [-0.25, -0.2) is 4.98 Å². The van der Waals surface area contributed by atoms with Gasteiger partial charge in [-0.1, -0.05) is 36.4 Å². The van der Waals surface area contributed by atoms with Gasteiger partial charge in [0.15, 0.2) is 5.76 Å². The van der Waals surface area contributed by atoms with Gasteiger partial charge in [0.2, 0.25) is 0 Å². The number of nitrogens with one attached hydrogen (secondary N) is 2. The summed E-state index contributed by atoms with van der Waals surface area (Å²) in [6.07, 6.45) is 7.72. The fourth-order valence-corrected chi connectivity index (χ4v) is 5.45. The molecule has 0 saturated carbocycles. The number of furan rings is 1. The molecule has 1 aromatic carbocycles. The fraction of sp³-hybridized carbons (Fsp3) is 0.200. The molecule has 1 aliphatic carbocycles. The van der Waals surface area contributed by atoms with Gasteiger partial charge >= 0.3 is 0 Å². The number of carbonyl (C=O) groups is 1. The summed E-state index contributed by atoms with van der Waals surface area (Å²) in [5, 5.41) is 7.63. The smallest absolute Gasteiger partial charge is 0.291 e. The zero-order valence-corrected chi connectivity index (χ0v) is 17.8. The second kappa shape index (κ2) is 8.78. The van der Waals surface area contributed by atoms with Gasteiger partial charge in [0.05, 0.1) is 12.3 Å². The Hall–Kier alpha value is -3.38. The molecular formula is C25H23N3O2S. The summed E-state index contributed by atoms with van der Waals surface area (Å²) in [6.45, 7) is 0. The second-order valence-electron chi connectivity index (χ2n) is 7.59. The van der Waals surface area contributed by atoms with E-state index in [0.717, 1.165) is 41.2 Å². The Morgan fingerprint density at radius 1 is 1.00 bits per heavy atom. The number of aromatic nitrogens is 1. The molecule has 0 fully saturated rings. The van der Waals surface area contributed by atoms with E-state index in [2.05, 4.69) is 27.8 Å². The number of pyridine rings is 1. The van der Waals surface area contributed by atoms with E-state index in [4.69, 9.17) is 4.42 Å². The number of carbonyl (C=O) groups excluding carboxylic acids is 1. The highest BCUT2D eigenvalue weighted by Crippen LogP contribution is 2.44. The van der Waals surface area contributed by atoms with Crippen LogP contribution < -0.4 is 10.6 Å². The summed E-state index contributed by atoms with van der Waals surface area (Å²) in [5.41, 5.74) is 3.62. The molecule has 4 aromatic rings. The quantitative estimate of drug-likeness (QED) is 0.390. The zero-order valence-electron chi connectivity index (χ0n) is 17.0. The van der Waals surface area contributed by atoms with E-state index in [0.29, 0.717) is 5.76 Å². The minimum atomic E-state index is -0.227. The summed E-state index contributed by atoms with van der Waals surface area (Å²) >= 11 is 1.69. The molecule has 3 aromatic heterocycles. The standard InChI is InChI=1S/C25H23N3O2S/c29-24(19-12-8-16-30-19)28-25-22(18-11-4-5-13-20(18)31-25)23(17-9-2-1-3-10-17)27-21-14-6-7-15-26-21/h1-3,6-10,12,14-16,23H,4-5,11,13H2,(H,26,27)(H,28,29). The Morgan fingerprint density at radius 3 is 2.61 bits per heavy atom. The van der Waals surface area contributed by atoms with Crippen LogP contribution in [-0.4, -0.2) is 10.9 Å². The summed E-state index contributed by atoms with van der Waals surface area (Å²) in [6, 6.07) is 19.5. The predicted octanol–water partition coefficient (Wildman–Crippen LogP) is 6.07. The number of anilines is 2. The lowest BCUT2D eigenvalue weighted by Gasteiger charge is -2.24. The molecule has 6 heteroatoms. The zero-order chi connectivity index (χ0) is 21.0. The molecule has 0 aliphatic heterocycles. The molecule has 1 aliphatic rings. The summed E-state index contributed by atoms with van der Waals surface area (Å²) < 4.78 is 5.32. The molecule has 1 unspecified atom stereocenters. The normalized spacial score (nSPS) is 13.9. The van der Waals surface area contributed by atoms with Crippen LogP contribution in [-0.2, 0) is 12.8 Å². The molecule has 0 bridgehead atoms. The number of benzene rings is 1. The van der Waals surface area contributed by atoms with Gasteiger partial charge in [0.1, 0.15) is 10.8 Å². The lowest BCUT2D eigenvalue weighted by atomic mass is 9.89. The number of hydrogen-bond donors (Lipinski definition) is 2. The Bertz CT molecular complexity index is 1150. The van der Waals surface area contributed by atoms with Crippen LogP contribution in [0, 0.1) is 0 Å². The largest absolute Gasteiger partial charge is 0.459 e. The molecule has 0 saturated heterocycles. The average Bonchev–Trinajstić information content (AvgIpc) is 3.47. The Kier molecular flexibility index (Phi) is 5.54. The van der Waals surface area contributed by atoms with Crippen LogP contribution in [0.1, 0.15) is 51.0 Å². The van der Waals surface area contributed by atoms with E-state index >= 15 is 0 Å². The van der Waals surface area contributed by atoms with Crippen LogP contribution in [0.2, 0.25) is 0 Å². The summed E-state index contributed by atoms with van der Waals surface area (Å²) in [4.78, 5) is 18.7. The Labute approximate surface area is 185 Å². The fourth-order valence-electron chi connectivity index (χ4n) is 4.12. The van der Waals surface area contributed by atoms with Gasteiger partial charge in [-0.2, -0.15) is 0 Å². The van der Waals surface area contributed by atoms with Crippen molar-refractivity contribution in [3.63, 3.8) is 0 Å². The highest BCUT2D eigenvalue weighted by Gasteiger charge is 2.29. The number of rotatable bonds is 6. The van der Waals surface area contributed by atoms with Crippen LogP contribution in [0.25, 0.3) is 0 Å². The number of nitrogens with zero attached hydrogens (tertiary/aromatic N) is 1. The van der Waals surface area contributed by atoms with Crippen molar-refractivity contribution in [1.82, 2.24) is 4.98 Å². The van der Waals surface area contributed by atoms with E-state index < -0.39 is 0 Å². The number of fused-ring (bicyclic) bond motifs is 1. The first-order chi connectivity index (χ1) is 15.3. The average molecular weight is 430 g/mol. The predicted molar refractivity (Wildman–Crippen MR) is 124 cm³/mol. The van der Waals surface area contributed by atoms with E-state index in [1.54, 1.807) is 29.7 Å². The first kappa shape index (κ1) is 19.6. The van der Waals surface area contributed by atoms with Crippen LogP contribution in [0.15, 0.2) is 77.5 Å². The lowest BCUT2D eigenvalue weighted by Crippen LogP contribution is -2.18. The van der Waals surface area contributed by atoms with Crippen LogP contribution in [0.3, 0.4) is 0 Å². The monoisotopic (exact) mass is 429 g/mol. The van der Waals surface area contributed by atoms with Crippen molar-refractivity contribution in [2.24, 2.45) is 0 Å². The van der Waals surface area contributed by atoms with E-state index in [1.807, 2.05) is 36.4 Å². The van der Waals surface area contributed by atoms with Gasteiger partial charge in [-0.05, 0) is 61.1 Å². The third-order valence-corrected chi connectivity index (χ3v) is 6.79. The summed E-state index contributed by atoms with van der Waals surface area (Å²) in [7, 11) is 0. The maximum atomic E-state index is 12.8. The van der Waals surface area contributed by atoms with Crippen molar-refractivity contribution in [2.45, 2.75) is 31.7 Å². The molecule has 3 heterocycles. The van der Waals surface area contributed by atoms with E-state index in [-0.39, 0.29) is 11.9 Å². The SMILES string of the molecule is O=C(Nc1sc2c(c1C(Nc1ccccn1)c1ccccc1)CCCC2)c1ccco1. The maximum absolute atomic E-state index is 12.8. The Morgan fingerprint density at radius 2 is 1.84 bits per heavy atom. The number of hydrogen-bond acceptors (Lipinski definition) is 5. The molecule has 5 nitrogen and oxygen atoms in total. The van der Waals surface area contributed by atoms with E-state index in [9.17, 15) is 4.79 Å². The van der Waals surface area contributed by atoms with Gasteiger partial charge in [-0.15, -0.1) is 11.3 Å². The number of amides is 1. The molecule has 0 radical (unpaired) electrons. The highest BCUT2D eigenvalue weighted by atomic mass is 32.1. The maximum Gasteiger partial charge on any atom is 0.291 e. The van der Waals surface area contributed by atoms with Crippen LogP contribution >= 0.6 is 11.3 Å². The Balaban J connectivity index is 1.60. The topological polar surface area (TPSA) is 67.2 Å². The minimum Gasteiger partial charge on any atom is -0.459 e. The first-order valence-electron chi connectivity index (χ1n) is 10.5. The van der Waals surface area contributed by atoms with Gasteiger partial charge in [-0.3, -0.25) is 4.79 Å². The van der Waals surface area contributed by atoms with E-state index in [1.165, 1.54) is 23.1 Å². The molecule has 5 rings (SSSR count). The third-order valence-electron chi connectivity index (χ3n) is 5.56. The summed E-state index contributed by atoms with van der Waals surface area (Å²) in [5.74, 6) is 0.885. The second-order valence-corrected chi connectivity index (χ2v) is 8.69. The molecular weight excluding hydrogens is 406 g/mol. The van der Waals surface area contributed by atoms with Crippen molar-refractivity contribution < 1.29 is 9.21 Å². The van der Waals surface area contributed by atoms with Crippen LogP contribution in [0.5, 0.6) is 0 Å². The number of thiophene rings is 1. The van der Waals surface area contributed by atoms with Gasteiger partial charge in [0.25, 0.3) is 5.91 Å². The van der Waals surface area contributed by atoms with Crippen molar-refractivity contribution in [1.29, 1.82) is 0 Å². The minimum absolute atomic E-state index is 0.124. The number of aryl methyl sites for hydroxylation is 1. The molecule has 1 atom stereocenters. The molecule has 2 N–H and O–H groups in total. The molecule has 156 valence electrons. The van der Waals surface area contributed by atoms with Crippen molar-refractivity contribution >= 4 is 28.1 Å². The first-order valence-corrected chi connectivity index (χ1v) is 11.3. The van der Waals surface area contributed by atoms with Crippen molar-refractivity contribution in [3.05, 3.63) is 100 Å². The third kappa shape index (κ3) is 4.11. The molecule has 0 spiro atoms. The van der Waals surface area contributed by atoms with Crippen LogP contribution in [0.4, 0.5) is 10.8 Å². The molecule has 31 heavy (non-hydrogen) atoms. The van der Waals surface area contributed by atoms with Gasteiger partial charge in [0, 0.05) is 16.6 Å². The lowest BCUT2D eigenvalue weighted by molar-refractivity contribution is 0.0997. The highest BCUT2D eigenvalue weighted by molar-refractivity contribution is 7.16. The molecule has 1 amide bonds. The van der Waals surface area contributed by atoms with Gasteiger partial charge < -0.3 is 15.1 Å². The van der Waals surface area contributed by atoms with Crippen molar-refractivity contribution in [2.75, 3.05) is 10.6 Å². The van der Waals surface area contributed by atoms with Crippen molar-refractivity contribution in [3.8, 4) is 0 Å².